The van der Waals surface area contributed by atoms with E-state index < -0.39 is 17.1 Å². The van der Waals surface area contributed by atoms with Crippen LogP contribution in [0.3, 0.4) is 0 Å². The number of methoxy groups -OCH3 is 2. The van der Waals surface area contributed by atoms with Crippen LogP contribution in [0.4, 0.5) is 0 Å². The minimum Gasteiger partial charge on any atom is -0.496 e. The number of ether oxygens (including phenoxy) is 5. The van der Waals surface area contributed by atoms with Crippen molar-refractivity contribution in [1.29, 1.82) is 0 Å². The summed E-state index contributed by atoms with van der Waals surface area (Å²) in [6, 6.07) is 18.4. The summed E-state index contributed by atoms with van der Waals surface area (Å²) in [6.45, 7) is 0.114. The second kappa shape index (κ2) is 6.89. The smallest absolute Gasteiger partial charge is 0.231 e. The third-order valence-electron chi connectivity index (χ3n) is 6.95. The van der Waals surface area contributed by atoms with E-state index >= 15 is 0 Å². The summed E-state index contributed by atoms with van der Waals surface area (Å²) in [6.07, 6.45) is 0.101. The minimum absolute atomic E-state index is 0.101. The van der Waals surface area contributed by atoms with Gasteiger partial charge in [0, 0.05) is 30.0 Å². The van der Waals surface area contributed by atoms with Gasteiger partial charge in [-0.3, -0.25) is 4.79 Å². The molecule has 33 heavy (non-hydrogen) atoms. The lowest BCUT2D eigenvalue weighted by atomic mass is 9.71. The molecule has 0 spiro atoms. The minimum atomic E-state index is -1.98. The first-order valence-electron chi connectivity index (χ1n) is 10.7. The van der Waals surface area contributed by atoms with Crippen molar-refractivity contribution < 1.29 is 33.6 Å². The standard InChI is InChI=1S/C26H22O7/c1-29-17-11-21(30-2)24-22(12-17)33-26(16-8-9-19-20(10-16)32-14-31-19)18(13-23(27)25(24,26)28)15-6-4-3-5-7-15/h3-12,18,28H,13-14H2,1-2H3. The number of fused-ring (bicyclic) bond motifs is 4. The van der Waals surface area contributed by atoms with Gasteiger partial charge in [0.25, 0.3) is 0 Å². The van der Waals surface area contributed by atoms with E-state index in [1.54, 1.807) is 24.3 Å². The summed E-state index contributed by atoms with van der Waals surface area (Å²) < 4.78 is 28.8. The maximum atomic E-state index is 13.7. The fraction of sp³-hybridized carbons (Fsp3) is 0.269. The zero-order chi connectivity index (χ0) is 22.8. The van der Waals surface area contributed by atoms with Gasteiger partial charge in [-0.05, 0) is 17.7 Å². The van der Waals surface area contributed by atoms with Crippen molar-refractivity contribution in [1.82, 2.24) is 0 Å². The number of carbonyl (C=O) groups excluding carboxylic acids is 1. The highest BCUT2D eigenvalue weighted by atomic mass is 16.7. The summed E-state index contributed by atoms with van der Waals surface area (Å²) in [5, 5.41) is 12.3. The quantitative estimate of drug-likeness (QED) is 0.655. The number of ketones is 1. The first-order chi connectivity index (χ1) is 16.0. The average molecular weight is 446 g/mol. The molecule has 3 atom stereocenters. The van der Waals surface area contributed by atoms with Crippen molar-refractivity contribution in [2.45, 2.75) is 23.5 Å². The second-order valence-corrected chi connectivity index (χ2v) is 8.41. The van der Waals surface area contributed by atoms with Gasteiger partial charge >= 0.3 is 0 Å². The average Bonchev–Trinajstić information content (AvgIpc) is 3.48. The van der Waals surface area contributed by atoms with E-state index in [0.29, 0.717) is 39.9 Å². The molecule has 0 bridgehead atoms. The van der Waals surface area contributed by atoms with Gasteiger partial charge in [-0.2, -0.15) is 0 Å². The fourth-order valence-corrected chi connectivity index (χ4v) is 5.50. The van der Waals surface area contributed by atoms with E-state index in [1.807, 2.05) is 36.4 Å². The third kappa shape index (κ3) is 2.45. The van der Waals surface area contributed by atoms with Gasteiger partial charge in [0.1, 0.15) is 17.2 Å². The van der Waals surface area contributed by atoms with Crippen LogP contribution in [-0.2, 0) is 16.0 Å². The monoisotopic (exact) mass is 446 g/mol. The Morgan fingerprint density at radius 1 is 0.939 bits per heavy atom. The largest absolute Gasteiger partial charge is 0.496 e. The number of carbonyl (C=O) groups is 1. The highest BCUT2D eigenvalue weighted by molar-refractivity contribution is 5.97. The van der Waals surface area contributed by atoms with E-state index in [1.165, 1.54) is 14.2 Å². The summed E-state index contributed by atoms with van der Waals surface area (Å²) in [7, 11) is 3.03. The van der Waals surface area contributed by atoms with Crippen LogP contribution in [0.15, 0.2) is 60.7 Å². The Balaban J connectivity index is 1.66. The lowest BCUT2D eigenvalue weighted by molar-refractivity contribution is -0.151. The van der Waals surface area contributed by atoms with Gasteiger partial charge in [0.15, 0.2) is 28.5 Å². The lowest BCUT2D eigenvalue weighted by Crippen LogP contribution is -2.50. The van der Waals surface area contributed by atoms with Crippen molar-refractivity contribution in [2.75, 3.05) is 21.0 Å². The Kier molecular flexibility index (Phi) is 4.16. The third-order valence-corrected chi connectivity index (χ3v) is 6.95. The van der Waals surface area contributed by atoms with E-state index in [0.717, 1.165) is 5.56 Å². The van der Waals surface area contributed by atoms with Crippen molar-refractivity contribution in [2.24, 2.45) is 0 Å². The Morgan fingerprint density at radius 3 is 2.48 bits per heavy atom. The van der Waals surface area contributed by atoms with E-state index in [2.05, 4.69) is 0 Å². The summed E-state index contributed by atoms with van der Waals surface area (Å²) >= 11 is 0. The summed E-state index contributed by atoms with van der Waals surface area (Å²) in [4.78, 5) is 13.7. The number of benzene rings is 3. The van der Waals surface area contributed by atoms with Crippen molar-refractivity contribution in [3.8, 4) is 28.7 Å². The Morgan fingerprint density at radius 2 is 1.73 bits per heavy atom. The molecule has 2 heterocycles. The van der Waals surface area contributed by atoms with Gasteiger partial charge in [-0.15, -0.1) is 0 Å². The molecule has 3 aromatic rings. The number of hydrogen-bond acceptors (Lipinski definition) is 7. The molecular formula is C26H22O7. The molecule has 7 heteroatoms. The molecule has 6 rings (SSSR count). The molecule has 0 aromatic heterocycles. The zero-order valence-electron chi connectivity index (χ0n) is 18.2. The zero-order valence-corrected chi connectivity index (χ0v) is 18.2. The lowest BCUT2D eigenvalue weighted by Gasteiger charge is -2.39. The molecule has 0 radical (unpaired) electrons. The summed E-state index contributed by atoms with van der Waals surface area (Å²) in [5.74, 6) is 1.53. The Bertz CT molecular complexity index is 1270. The van der Waals surface area contributed by atoms with Crippen LogP contribution >= 0.6 is 0 Å². The van der Waals surface area contributed by atoms with Crippen molar-refractivity contribution >= 4 is 5.78 Å². The second-order valence-electron chi connectivity index (χ2n) is 8.41. The van der Waals surface area contributed by atoms with Crippen LogP contribution in [0, 0.1) is 0 Å². The topological polar surface area (TPSA) is 83.5 Å². The molecule has 3 aliphatic rings. The molecule has 168 valence electrons. The molecule has 1 saturated carbocycles. The molecule has 2 aliphatic heterocycles. The van der Waals surface area contributed by atoms with Gasteiger partial charge < -0.3 is 28.8 Å². The SMILES string of the molecule is COc1cc(OC)c2c(c1)OC1(c3ccc4c(c3)OCO4)C(c3ccccc3)CC(=O)C21O. The molecule has 0 saturated heterocycles. The van der Waals surface area contributed by atoms with Gasteiger partial charge in [0.2, 0.25) is 6.79 Å². The van der Waals surface area contributed by atoms with Crippen LogP contribution < -0.4 is 23.7 Å². The Hall–Kier alpha value is -3.71. The van der Waals surface area contributed by atoms with Crippen LogP contribution in [-0.4, -0.2) is 31.9 Å². The molecule has 1 fully saturated rings. The predicted octanol–water partition coefficient (Wildman–Crippen LogP) is 3.66. The maximum Gasteiger partial charge on any atom is 0.231 e. The Labute approximate surface area is 190 Å². The van der Waals surface area contributed by atoms with Crippen LogP contribution in [0.25, 0.3) is 0 Å². The molecule has 3 unspecified atom stereocenters. The van der Waals surface area contributed by atoms with Crippen LogP contribution in [0.1, 0.15) is 29.0 Å². The molecule has 3 aromatic carbocycles. The van der Waals surface area contributed by atoms with E-state index in [9.17, 15) is 9.90 Å². The van der Waals surface area contributed by atoms with Gasteiger partial charge in [-0.1, -0.05) is 36.4 Å². The van der Waals surface area contributed by atoms with Crippen molar-refractivity contribution in [3.05, 3.63) is 77.4 Å². The van der Waals surface area contributed by atoms with E-state index in [-0.39, 0.29) is 19.0 Å². The van der Waals surface area contributed by atoms with Gasteiger partial charge in [0.05, 0.1) is 19.8 Å². The fourth-order valence-electron chi connectivity index (χ4n) is 5.50. The van der Waals surface area contributed by atoms with Gasteiger partial charge in [-0.25, -0.2) is 0 Å². The predicted molar refractivity (Wildman–Crippen MR) is 117 cm³/mol. The highest BCUT2D eigenvalue weighted by Crippen LogP contribution is 2.67. The number of rotatable bonds is 4. The van der Waals surface area contributed by atoms with Crippen molar-refractivity contribution in [3.63, 3.8) is 0 Å². The molecule has 1 aliphatic carbocycles. The number of aliphatic hydroxyl groups is 1. The van der Waals surface area contributed by atoms with E-state index in [4.69, 9.17) is 23.7 Å². The van der Waals surface area contributed by atoms with Crippen LogP contribution in [0.5, 0.6) is 28.7 Å². The van der Waals surface area contributed by atoms with Crippen LogP contribution in [0.2, 0.25) is 0 Å². The molecule has 1 N–H and O–H groups in total. The first-order valence-corrected chi connectivity index (χ1v) is 10.7. The molecular weight excluding hydrogens is 424 g/mol. The highest BCUT2D eigenvalue weighted by Gasteiger charge is 2.74. The molecule has 7 nitrogen and oxygen atoms in total. The first kappa shape index (κ1) is 19.9. The summed E-state index contributed by atoms with van der Waals surface area (Å²) in [5.41, 5.74) is -1.60. The number of hydrogen-bond donors (Lipinski definition) is 1. The normalized spacial score (nSPS) is 26.5. The number of Topliss-reactive ketones (excluding diaryl/α,β-unsaturated/α-hetero) is 1. The maximum absolute atomic E-state index is 13.7. The molecule has 0 amide bonds.